The van der Waals surface area contributed by atoms with E-state index < -0.39 is 40.8 Å². The molecular weight excluding hydrogens is 731 g/mol. The number of aromatic nitrogens is 9. The summed E-state index contributed by atoms with van der Waals surface area (Å²) in [5.41, 5.74) is 0.730. The second-order valence-corrected chi connectivity index (χ2v) is 13.9. The molecule has 6 heterocycles. The number of esters is 1. The molecule has 8 rings (SSSR count). The summed E-state index contributed by atoms with van der Waals surface area (Å²) < 4.78 is 53.7. The van der Waals surface area contributed by atoms with Crippen molar-refractivity contribution in [3.8, 4) is 22.4 Å². The highest BCUT2D eigenvalue weighted by Gasteiger charge is 2.43. The molecule has 2 aliphatic rings. The van der Waals surface area contributed by atoms with Crippen LogP contribution in [0.25, 0.3) is 22.4 Å². The van der Waals surface area contributed by atoms with Crippen molar-refractivity contribution in [3.05, 3.63) is 121 Å². The molecule has 4 aromatic heterocycles. The molecule has 18 heteroatoms. The summed E-state index contributed by atoms with van der Waals surface area (Å²) in [4.78, 5) is 56.6. The Balaban J connectivity index is 0.954. The Morgan fingerprint density at radius 1 is 0.857 bits per heavy atom. The van der Waals surface area contributed by atoms with E-state index in [2.05, 4.69) is 30.2 Å². The molecule has 1 saturated heterocycles. The van der Waals surface area contributed by atoms with Gasteiger partial charge in [0.2, 0.25) is 0 Å². The summed E-state index contributed by atoms with van der Waals surface area (Å²) in [6, 6.07) is 10.6. The number of rotatable bonds is 12. The molecule has 0 atom stereocenters. The Morgan fingerprint density at radius 3 is 2.18 bits per heavy atom. The summed E-state index contributed by atoms with van der Waals surface area (Å²) in [6.45, 7) is 0.601. The normalized spacial score (nSPS) is 15.1. The first kappa shape index (κ1) is 36.4. The number of aryl methyl sites for hydroxylation is 1. The molecule has 6 aromatic rings. The number of piperidine rings is 1. The van der Waals surface area contributed by atoms with E-state index in [1.165, 1.54) is 64.0 Å². The highest BCUT2D eigenvalue weighted by Crippen LogP contribution is 2.38. The predicted molar refractivity (Wildman–Crippen MR) is 191 cm³/mol. The van der Waals surface area contributed by atoms with Crippen molar-refractivity contribution < 1.29 is 32.3 Å². The number of amides is 2. The van der Waals surface area contributed by atoms with E-state index in [1.54, 1.807) is 36.1 Å². The van der Waals surface area contributed by atoms with Crippen molar-refractivity contribution in [1.82, 2.24) is 54.1 Å². The van der Waals surface area contributed by atoms with Gasteiger partial charge in [-0.05, 0) is 74.3 Å². The van der Waals surface area contributed by atoms with Gasteiger partial charge in [-0.15, -0.1) is 0 Å². The molecule has 2 aliphatic heterocycles. The van der Waals surface area contributed by atoms with Crippen molar-refractivity contribution >= 4 is 17.8 Å². The number of carbonyl (C=O) groups excluding carboxylic acids is 3. The molecule has 0 bridgehead atoms. The maximum Gasteiger partial charge on any atom is 0.321 e. The second-order valence-electron chi connectivity index (χ2n) is 13.9. The van der Waals surface area contributed by atoms with Gasteiger partial charge in [0, 0.05) is 54.3 Å². The Hall–Kier alpha value is -6.56. The number of hydrogen-bond acceptors (Lipinski definition) is 11. The molecule has 1 fully saturated rings. The fourth-order valence-electron chi connectivity index (χ4n) is 7.46. The SMILES string of the molecule is Cn1cc(-c2ccnc3c2C(=O)N(CC2CCN(CC(=O)OC(Cn4cncn4)(Cn4cncn4)c4ccc(F)cc4F)CC2)C3=O)c(-c2ccc(F)cc2)n1. The number of imide groups is 1. The van der Waals surface area contributed by atoms with Gasteiger partial charge in [-0.25, -0.2) is 32.5 Å². The molecule has 0 N–H and O–H groups in total. The molecule has 56 heavy (non-hydrogen) atoms. The topological polar surface area (TPSA) is 159 Å². The van der Waals surface area contributed by atoms with Crippen LogP contribution in [0.5, 0.6) is 0 Å². The number of pyridine rings is 1. The summed E-state index contributed by atoms with van der Waals surface area (Å²) in [7, 11) is 1.74. The van der Waals surface area contributed by atoms with Crippen molar-refractivity contribution in [2.45, 2.75) is 31.5 Å². The Bertz CT molecular complexity index is 2360. The highest BCUT2D eigenvalue weighted by molar-refractivity contribution is 6.23. The summed E-state index contributed by atoms with van der Waals surface area (Å²) in [5.74, 6) is -3.78. The van der Waals surface area contributed by atoms with Gasteiger partial charge in [0.15, 0.2) is 5.60 Å². The van der Waals surface area contributed by atoms with E-state index in [4.69, 9.17) is 4.74 Å². The first-order chi connectivity index (χ1) is 27.1. The Kier molecular flexibility index (Phi) is 9.71. The van der Waals surface area contributed by atoms with Crippen LogP contribution in [0.2, 0.25) is 0 Å². The maximum absolute atomic E-state index is 15.5. The molecule has 0 spiro atoms. The van der Waals surface area contributed by atoms with Gasteiger partial charge in [-0.1, -0.05) is 0 Å². The largest absolute Gasteiger partial charge is 0.449 e. The van der Waals surface area contributed by atoms with Gasteiger partial charge in [-0.3, -0.25) is 33.8 Å². The average molecular weight is 766 g/mol. The number of carbonyl (C=O) groups is 3. The maximum atomic E-state index is 15.5. The molecule has 0 radical (unpaired) electrons. The monoisotopic (exact) mass is 765 g/mol. The van der Waals surface area contributed by atoms with Gasteiger partial charge in [-0.2, -0.15) is 15.3 Å². The van der Waals surface area contributed by atoms with Gasteiger partial charge in [0.05, 0.1) is 25.2 Å². The minimum atomic E-state index is -1.72. The average Bonchev–Trinajstić information content (AvgIpc) is 4.00. The minimum Gasteiger partial charge on any atom is -0.449 e. The number of hydrogen-bond donors (Lipinski definition) is 0. The van der Waals surface area contributed by atoms with Crippen LogP contribution in [0, 0.1) is 23.4 Å². The predicted octanol–water partition coefficient (Wildman–Crippen LogP) is 3.90. The lowest BCUT2D eigenvalue weighted by Gasteiger charge is -2.36. The van der Waals surface area contributed by atoms with E-state index in [9.17, 15) is 23.2 Å². The zero-order chi connectivity index (χ0) is 39.0. The number of benzene rings is 2. The Morgan fingerprint density at radius 2 is 1.54 bits per heavy atom. The van der Waals surface area contributed by atoms with E-state index in [-0.39, 0.29) is 48.9 Å². The fourth-order valence-corrected chi connectivity index (χ4v) is 7.46. The standard InChI is InChI=1S/C38H34F3N11O4/c1-48-16-29(34(47-48)25-2-4-26(39)5-3-25)28-8-11-44-35-33(28)36(54)52(37(35)55)15-24-9-12-49(13-10-24)17-32(53)56-38(18-50-22-42-20-45-50,19-51-23-43-21-46-51)30-7-6-27(40)14-31(30)41/h2-8,11,14,16,20-24H,9-10,12-13,15,17-19H2,1H3. The third-order valence-corrected chi connectivity index (χ3v) is 10.1. The summed E-state index contributed by atoms with van der Waals surface area (Å²) >= 11 is 0. The smallest absolute Gasteiger partial charge is 0.321 e. The molecule has 0 aliphatic carbocycles. The van der Waals surface area contributed by atoms with Crippen molar-refractivity contribution in [2.24, 2.45) is 13.0 Å². The zero-order valence-corrected chi connectivity index (χ0v) is 30.0. The molecule has 2 aromatic carbocycles. The quantitative estimate of drug-likeness (QED) is 0.131. The van der Waals surface area contributed by atoms with Crippen molar-refractivity contribution in [2.75, 3.05) is 26.2 Å². The zero-order valence-electron chi connectivity index (χ0n) is 30.0. The van der Waals surface area contributed by atoms with Gasteiger partial charge >= 0.3 is 5.97 Å². The van der Waals surface area contributed by atoms with E-state index in [0.29, 0.717) is 48.3 Å². The van der Waals surface area contributed by atoms with E-state index >= 15 is 4.39 Å². The molecule has 286 valence electrons. The van der Waals surface area contributed by atoms with Crippen LogP contribution >= 0.6 is 0 Å². The van der Waals surface area contributed by atoms with Gasteiger partial charge in [0.1, 0.15) is 54.1 Å². The van der Waals surface area contributed by atoms with E-state index in [1.807, 2.05) is 4.90 Å². The summed E-state index contributed by atoms with van der Waals surface area (Å²) in [6.07, 6.45) is 9.73. The third kappa shape index (κ3) is 7.17. The highest BCUT2D eigenvalue weighted by atomic mass is 19.1. The number of likely N-dealkylation sites (tertiary alicyclic amines) is 1. The van der Waals surface area contributed by atoms with Crippen LogP contribution in [0.4, 0.5) is 13.2 Å². The molecule has 2 amide bonds. The van der Waals surface area contributed by atoms with Crippen LogP contribution in [0.1, 0.15) is 39.3 Å². The van der Waals surface area contributed by atoms with Crippen LogP contribution in [-0.2, 0) is 35.3 Å². The van der Waals surface area contributed by atoms with Crippen LogP contribution in [-0.4, -0.2) is 98.1 Å². The minimum absolute atomic E-state index is 0.0550. The van der Waals surface area contributed by atoms with Crippen LogP contribution in [0.15, 0.2) is 86.2 Å². The Labute approximate surface area is 317 Å². The van der Waals surface area contributed by atoms with Crippen LogP contribution in [0.3, 0.4) is 0 Å². The van der Waals surface area contributed by atoms with Crippen molar-refractivity contribution in [3.63, 3.8) is 0 Å². The van der Waals surface area contributed by atoms with Crippen LogP contribution < -0.4 is 0 Å². The fraction of sp³-hybridized carbons (Fsp3) is 0.289. The summed E-state index contributed by atoms with van der Waals surface area (Å²) in [5, 5.41) is 12.8. The first-order valence-electron chi connectivity index (χ1n) is 17.8. The van der Waals surface area contributed by atoms with Crippen molar-refractivity contribution in [1.29, 1.82) is 0 Å². The first-order valence-corrected chi connectivity index (χ1v) is 17.8. The number of nitrogens with zero attached hydrogens (tertiary/aromatic N) is 11. The van der Waals surface area contributed by atoms with E-state index in [0.717, 1.165) is 12.1 Å². The lowest BCUT2D eigenvalue weighted by atomic mass is 9.92. The number of ether oxygens (including phenoxy) is 1. The lowest BCUT2D eigenvalue weighted by Crippen LogP contribution is -2.46. The lowest BCUT2D eigenvalue weighted by molar-refractivity contribution is -0.167. The van der Waals surface area contributed by atoms with Gasteiger partial charge < -0.3 is 4.74 Å². The molecular formula is C38H34F3N11O4. The number of halogens is 3. The molecule has 0 saturated carbocycles. The number of fused-ring (bicyclic) bond motifs is 1. The second kappa shape index (κ2) is 14.9. The molecule has 15 nitrogen and oxygen atoms in total. The van der Waals surface area contributed by atoms with Gasteiger partial charge in [0.25, 0.3) is 11.8 Å². The molecule has 0 unspecified atom stereocenters. The third-order valence-electron chi connectivity index (χ3n) is 10.1.